The van der Waals surface area contributed by atoms with E-state index in [2.05, 4.69) is 10.6 Å². The average Bonchev–Trinajstić information content (AvgIpc) is 3.28. The minimum atomic E-state index is -0.418. The maximum absolute atomic E-state index is 12.6. The number of hydrogen-bond acceptors (Lipinski definition) is 4. The number of amides is 3. The molecule has 1 aliphatic heterocycles. The zero-order valence-corrected chi connectivity index (χ0v) is 19.8. The lowest BCUT2D eigenvalue weighted by molar-refractivity contribution is -0.126. The second-order valence-corrected chi connectivity index (χ2v) is 8.73. The normalized spacial score (nSPS) is 15.1. The third-order valence-corrected chi connectivity index (χ3v) is 5.98. The standard InChI is InChI=1S/C27H26ClN3O4/c28-22-8-6-20(7-9-22)16-30-27(34)21-14-26(33)31(17-21)23-10-12-24(13-11-23)35-18-25(32)29-15-19-4-2-1-3-5-19/h1-13,21H,14-18H2,(H,29,32)(H,30,34)/t21-/m0/s1. The lowest BCUT2D eigenvalue weighted by Gasteiger charge is -2.17. The molecule has 1 saturated heterocycles. The number of benzene rings is 3. The molecule has 1 heterocycles. The Hall–Kier alpha value is -3.84. The second kappa shape index (κ2) is 11.5. The fraction of sp³-hybridized carbons (Fsp3) is 0.222. The van der Waals surface area contributed by atoms with Gasteiger partial charge in [-0.3, -0.25) is 14.4 Å². The molecule has 35 heavy (non-hydrogen) atoms. The molecule has 8 heteroatoms. The number of hydrogen-bond donors (Lipinski definition) is 2. The van der Waals surface area contributed by atoms with Gasteiger partial charge >= 0.3 is 0 Å². The zero-order valence-electron chi connectivity index (χ0n) is 19.1. The Morgan fingerprint density at radius 2 is 1.54 bits per heavy atom. The van der Waals surface area contributed by atoms with Crippen LogP contribution in [0.25, 0.3) is 0 Å². The molecule has 2 N–H and O–H groups in total. The summed E-state index contributed by atoms with van der Waals surface area (Å²) < 4.78 is 5.55. The largest absolute Gasteiger partial charge is 0.484 e. The van der Waals surface area contributed by atoms with E-state index in [-0.39, 0.29) is 30.7 Å². The van der Waals surface area contributed by atoms with Crippen molar-refractivity contribution < 1.29 is 19.1 Å². The van der Waals surface area contributed by atoms with Crippen molar-refractivity contribution in [1.82, 2.24) is 10.6 Å². The van der Waals surface area contributed by atoms with Crippen molar-refractivity contribution in [2.24, 2.45) is 5.92 Å². The minimum Gasteiger partial charge on any atom is -0.484 e. The first kappa shape index (κ1) is 24.3. The summed E-state index contributed by atoms with van der Waals surface area (Å²) in [5.41, 5.74) is 2.63. The maximum Gasteiger partial charge on any atom is 0.258 e. The van der Waals surface area contributed by atoms with E-state index in [9.17, 15) is 14.4 Å². The maximum atomic E-state index is 12.6. The summed E-state index contributed by atoms with van der Waals surface area (Å²) in [5.74, 6) is -0.380. The minimum absolute atomic E-state index is 0.106. The molecule has 0 bridgehead atoms. The van der Waals surface area contributed by atoms with Gasteiger partial charge in [0, 0.05) is 36.8 Å². The van der Waals surface area contributed by atoms with E-state index < -0.39 is 5.92 Å². The first-order valence-electron chi connectivity index (χ1n) is 11.3. The van der Waals surface area contributed by atoms with Gasteiger partial charge in [0.25, 0.3) is 5.91 Å². The third-order valence-electron chi connectivity index (χ3n) is 5.73. The van der Waals surface area contributed by atoms with Gasteiger partial charge in [0.05, 0.1) is 5.92 Å². The van der Waals surface area contributed by atoms with E-state index in [4.69, 9.17) is 16.3 Å². The number of carbonyl (C=O) groups excluding carboxylic acids is 3. The zero-order chi connectivity index (χ0) is 24.6. The van der Waals surface area contributed by atoms with Crippen LogP contribution in [0, 0.1) is 5.92 Å². The molecule has 3 aromatic carbocycles. The summed E-state index contributed by atoms with van der Waals surface area (Å²) in [5, 5.41) is 6.34. The molecule has 180 valence electrons. The van der Waals surface area contributed by atoms with Crippen LogP contribution in [0.4, 0.5) is 5.69 Å². The molecule has 3 aromatic rings. The van der Waals surface area contributed by atoms with Crippen molar-refractivity contribution in [3.63, 3.8) is 0 Å². The van der Waals surface area contributed by atoms with Gasteiger partial charge in [-0.25, -0.2) is 0 Å². The molecule has 0 aromatic heterocycles. The van der Waals surface area contributed by atoms with Gasteiger partial charge in [-0.05, 0) is 47.5 Å². The first-order valence-corrected chi connectivity index (χ1v) is 11.7. The Morgan fingerprint density at radius 1 is 0.886 bits per heavy atom. The molecule has 0 saturated carbocycles. The number of nitrogens with zero attached hydrogens (tertiary/aromatic N) is 1. The Labute approximate surface area is 209 Å². The predicted octanol–water partition coefficient (Wildman–Crippen LogP) is 3.70. The summed E-state index contributed by atoms with van der Waals surface area (Å²) in [6, 6.07) is 23.8. The van der Waals surface area contributed by atoms with E-state index in [0.29, 0.717) is 36.1 Å². The topological polar surface area (TPSA) is 87.7 Å². The summed E-state index contributed by atoms with van der Waals surface area (Å²) in [6.07, 6.45) is 0.159. The molecule has 1 aliphatic rings. The molecule has 3 amide bonds. The van der Waals surface area contributed by atoms with Crippen LogP contribution in [0.3, 0.4) is 0 Å². The van der Waals surface area contributed by atoms with Crippen LogP contribution in [0.1, 0.15) is 17.5 Å². The van der Waals surface area contributed by atoms with Crippen molar-refractivity contribution in [2.45, 2.75) is 19.5 Å². The van der Waals surface area contributed by atoms with Crippen LogP contribution in [0.2, 0.25) is 5.02 Å². The van der Waals surface area contributed by atoms with Gasteiger partial charge in [-0.2, -0.15) is 0 Å². The van der Waals surface area contributed by atoms with Gasteiger partial charge < -0.3 is 20.3 Å². The first-order chi connectivity index (χ1) is 17.0. The van der Waals surface area contributed by atoms with Crippen molar-refractivity contribution in [2.75, 3.05) is 18.1 Å². The SMILES string of the molecule is O=C(COc1ccc(N2C[C@@H](C(=O)NCc3ccc(Cl)cc3)CC2=O)cc1)NCc1ccccc1. The summed E-state index contributed by atoms with van der Waals surface area (Å²) in [7, 11) is 0. The average molecular weight is 492 g/mol. The van der Waals surface area contributed by atoms with Gasteiger partial charge in [-0.15, -0.1) is 0 Å². The molecule has 0 unspecified atom stereocenters. The summed E-state index contributed by atoms with van der Waals surface area (Å²) in [4.78, 5) is 38.8. The van der Waals surface area contributed by atoms with Crippen LogP contribution in [0.5, 0.6) is 5.75 Å². The molecular formula is C27H26ClN3O4. The molecular weight excluding hydrogens is 466 g/mol. The molecule has 7 nitrogen and oxygen atoms in total. The Bertz CT molecular complexity index is 1170. The number of carbonyl (C=O) groups is 3. The fourth-order valence-corrected chi connectivity index (χ4v) is 3.91. The molecule has 1 atom stereocenters. The lowest BCUT2D eigenvalue weighted by Crippen LogP contribution is -2.32. The van der Waals surface area contributed by atoms with Gasteiger partial charge in [0.2, 0.25) is 11.8 Å². The van der Waals surface area contributed by atoms with Crippen molar-refractivity contribution in [3.05, 3.63) is 95.0 Å². The summed E-state index contributed by atoms with van der Waals surface area (Å²) >= 11 is 5.89. The Kier molecular flexibility index (Phi) is 8.00. The predicted molar refractivity (Wildman–Crippen MR) is 134 cm³/mol. The van der Waals surface area contributed by atoms with Gasteiger partial charge in [-0.1, -0.05) is 54.1 Å². The quantitative estimate of drug-likeness (QED) is 0.477. The second-order valence-electron chi connectivity index (χ2n) is 8.29. The number of halogens is 1. The molecule has 4 rings (SSSR count). The highest BCUT2D eigenvalue weighted by molar-refractivity contribution is 6.30. The van der Waals surface area contributed by atoms with Crippen molar-refractivity contribution in [1.29, 1.82) is 0 Å². The number of rotatable bonds is 9. The van der Waals surface area contributed by atoms with Crippen LogP contribution in [-0.2, 0) is 27.5 Å². The lowest BCUT2D eigenvalue weighted by atomic mass is 10.1. The van der Waals surface area contributed by atoms with E-state index in [0.717, 1.165) is 11.1 Å². The van der Waals surface area contributed by atoms with Crippen LogP contribution >= 0.6 is 11.6 Å². The Balaban J connectivity index is 1.23. The Morgan fingerprint density at radius 3 is 2.26 bits per heavy atom. The van der Waals surface area contributed by atoms with Crippen molar-refractivity contribution in [3.8, 4) is 5.75 Å². The highest BCUT2D eigenvalue weighted by atomic mass is 35.5. The molecule has 0 spiro atoms. The van der Waals surface area contributed by atoms with Crippen LogP contribution in [0.15, 0.2) is 78.9 Å². The van der Waals surface area contributed by atoms with Crippen molar-refractivity contribution >= 4 is 35.0 Å². The number of ether oxygens (including phenoxy) is 1. The smallest absolute Gasteiger partial charge is 0.258 e. The molecule has 0 aliphatic carbocycles. The third kappa shape index (κ3) is 6.83. The van der Waals surface area contributed by atoms with E-state index >= 15 is 0 Å². The highest BCUT2D eigenvalue weighted by Gasteiger charge is 2.35. The molecule has 1 fully saturated rings. The summed E-state index contributed by atoms with van der Waals surface area (Å²) in [6.45, 7) is 1.03. The van der Waals surface area contributed by atoms with Gasteiger partial charge in [0.1, 0.15) is 5.75 Å². The van der Waals surface area contributed by atoms with Crippen LogP contribution < -0.4 is 20.3 Å². The number of anilines is 1. The van der Waals surface area contributed by atoms with E-state index in [1.807, 2.05) is 42.5 Å². The van der Waals surface area contributed by atoms with Crippen LogP contribution in [-0.4, -0.2) is 30.9 Å². The highest BCUT2D eigenvalue weighted by Crippen LogP contribution is 2.27. The number of nitrogens with one attached hydrogen (secondary N) is 2. The van der Waals surface area contributed by atoms with Gasteiger partial charge in [0.15, 0.2) is 6.61 Å². The van der Waals surface area contributed by atoms with E-state index in [1.54, 1.807) is 41.3 Å². The van der Waals surface area contributed by atoms with E-state index in [1.165, 1.54) is 0 Å². The monoisotopic (exact) mass is 491 g/mol. The fourth-order valence-electron chi connectivity index (χ4n) is 3.79. The molecule has 0 radical (unpaired) electrons.